The molecule has 1 N–H and O–H groups in total. The van der Waals surface area contributed by atoms with Crippen LogP contribution in [0, 0.1) is 13.8 Å². The first kappa shape index (κ1) is 13.6. The molecule has 0 bridgehead atoms. The van der Waals surface area contributed by atoms with Gasteiger partial charge in [0.15, 0.2) is 0 Å². The maximum atomic E-state index is 12.3. The molecule has 1 aromatic heterocycles. The van der Waals surface area contributed by atoms with Gasteiger partial charge in [-0.25, -0.2) is 4.68 Å². The van der Waals surface area contributed by atoms with Crippen LogP contribution in [0.2, 0.25) is 0 Å². The minimum atomic E-state index is -0.163. The van der Waals surface area contributed by atoms with E-state index in [9.17, 15) is 4.79 Å². The Morgan fingerprint density at radius 1 is 1.37 bits per heavy atom. The number of carbonyl (C=O) groups is 1. The van der Waals surface area contributed by atoms with Gasteiger partial charge in [0.25, 0.3) is 5.91 Å². The van der Waals surface area contributed by atoms with E-state index in [2.05, 4.69) is 15.4 Å². The molecule has 0 radical (unpaired) electrons. The molecule has 0 saturated carbocycles. The van der Waals surface area contributed by atoms with Gasteiger partial charge in [-0.2, -0.15) is 10.1 Å². The SMILES string of the molecule is CSc1c(C)ccc(C(=O)Nc2ncnn2C)c1C. The summed E-state index contributed by atoms with van der Waals surface area (Å²) in [6, 6.07) is 3.81. The quantitative estimate of drug-likeness (QED) is 0.875. The highest BCUT2D eigenvalue weighted by molar-refractivity contribution is 7.98. The average molecular weight is 276 g/mol. The number of anilines is 1. The van der Waals surface area contributed by atoms with E-state index >= 15 is 0 Å². The van der Waals surface area contributed by atoms with Crippen LogP contribution in [0.1, 0.15) is 21.5 Å². The van der Waals surface area contributed by atoms with Gasteiger partial charge in [0, 0.05) is 17.5 Å². The van der Waals surface area contributed by atoms with Crippen LogP contribution in [-0.4, -0.2) is 26.9 Å². The monoisotopic (exact) mass is 276 g/mol. The fourth-order valence-electron chi connectivity index (χ4n) is 1.97. The molecule has 1 amide bonds. The molecule has 5 nitrogen and oxygen atoms in total. The lowest BCUT2D eigenvalue weighted by atomic mass is 10.1. The van der Waals surface area contributed by atoms with Crippen LogP contribution in [-0.2, 0) is 7.05 Å². The molecule has 1 aromatic carbocycles. The molecular weight excluding hydrogens is 260 g/mol. The predicted octanol–water partition coefficient (Wildman–Crippen LogP) is 2.41. The summed E-state index contributed by atoms with van der Waals surface area (Å²) >= 11 is 1.65. The number of aromatic nitrogens is 3. The summed E-state index contributed by atoms with van der Waals surface area (Å²) < 4.78 is 1.52. The van der Waals surface area contributed by atoms with Crippen molar-refractivity contribution in [3.8, 4) is 0 Å². The highest BCUT2D eigenvalue weighted by Crippen LogP contribution is 2.27. The summed E-state index contributed by atoms with van der Waals surface area (Å²) in [4.78, 5) is 17.4. The van der Waals surface area contributed by atoms with Crippen LogP contribution in [0.15, 0.2) is 23.4 Å². The smallest absolute Gasteiger partial charge is 0.258 e. The van der Waals surface area contributed by atoms with Crippen molar-refractivity contribution in [3.63, 3.8) is 0 Å². The third-order valence-corrected chi connectivity index (χ3v) is 4.02. The van der Waals surface area contributed by atoms with Gasteiger partial charge >= 0.3 is 0 Å². The Balaban J connectivity index is 2.32. The van der Waals surface area contributed by atoms with Gasteiger partial charge in [-0.3, -0.25) is 10.1 Å². The van der Waals surface area contributed by atoms with Crippen molar-refractivity contribution in [3.05, 3.63) is 35.2 Å². The first-order chi connectivity index (χ1) is 9.04. The van der Waals surface area contributed by atoms with Crippen molar-refractivity contribution in [1.82, 2.24) is 14.8 Å². The fraction of sp³-hybridized carbons (Fsp3) is 0.308. The Morgan fingerprint density at radius 2 is 2.11 bits per heavy atom. The van der Waals surface area contributed by atoms with Crippen LogP contribution >= 0.6 is 11.8 Å². The fourth-order valence-corrected chi connectivity index (χ4v) is 2.77. The number of benzene rings is 1. The van der Waals surface area contributed by atoms with E-state index in [-0.39, 0.29) is 5.91 Å². The zero-order chi connectivity index (χ0) is 14.0. The van der Waals surface area contributed by atoms with Gasteiger partial charge in [-0.1, -0.05) is 6.07 Å². The molecule has 0 unspecified atom stereocenters. The standard InChI is InChI=1S/C13H16N4OS/c1-8-5-6-10(9(2)11(8)19-4)12(18)16-13-14-7-15-17(13)3/h5-7H,1-4H3,(H,14,15,16,18). The molecule has 0 aliphatic heterocycles. The molecular formula is C13H16N4OS. The molecule has 0 spiro atoms. The number of rotatable bonds is 3. The third kappa shape index (κ3) is 2.63. The highest BCUT2D eigenvalue weighted by Gasteiger charge is 2.15. The predicted molar refractivity (Wildman–Crippen MR) is 76.7 cm³/mol. The number of hydrogen-bond donors (Lipinski definition) is 1. The number of amides is 1. The minimum Gasteiger partial charge on any atom is -0.291 e. The van der Waals surface area contributed by atoms with Crippen molar-refractivity contribution in [2.45, 2.75) is 18.7 Å². The zero-order valence-electron chi connectivity index (χ0n) is 11.4. The molecule has 2 aromatic rings. The van der Waals surface area contributed by atoms with Crippen LogP contribution in [0.5, 0.6) is 0 Å². The molecule has 0 atom stereocenters. The summed E-state index contributed by atoms with van der Waals surface area (Å²) in [6.07, 6.45) is 3.42. The minimum absolute atomic E-state index is 0.163. The number of hydrogen-bond acceptors (Lipinski definition) is 4. The molecule has 0 aliphatic carbocycles. The molecule has 100 valence electrons. The summed E-state index contributed by atoms with van der Waals surface area (Å²) in [7, 11) is 1.73. The summed E-state index contributed by atoms with van der Waals surface area (Å²) in [6.45, 7) is 4.01. The van der Waals surface area contributed by atoms with E-state index in [0.717, 1.165) is 10.5 Å². The Kier molecular flexibility index (Phi) is 3.90. The van der Waals surface area contributed by atoms with E-state index < -0.39 is 0 Å². The Hall–Kier alpha value is -1.82. The lowest BCUT2D eigenvalue weighted by molar-refractivity contribution is 0.102. The van der Waals surface area contributed by atoms with Gasteiger partial charge in [0.1, 0.15) is 6.33 Å². The molecule has 0 fully saturated rings. The number of nitrogens with one attached hydrogen (secondary N) is 1. The lowest BCUT2D eigenvalue weighted by Gasteiger charge is -2.12. The van der Waals surface area contributed by atoms with Gasteiger partial charge in [-0.15, -0.1) is 11.8 Å². The van der Waals surface area contributed by atoms with Gasteiger partial charge < -0.3 is 0 Å². The normalized spacial score (nSPS) is 10.5. The maximum absolute atomic E-state index is 12.3. The van der Waals surface area contributed by atoms with Crippen molar-refractivity contribution in [2.75, 3.05) is 11.6 Å². The Labute approximate surface area is 116 Å². The summed E-state index contributed by atoms with van der Waals surface area (Å²) in [5, 5.41) is 6.68. The van der Waals surface area contributed by atoms with Crippen LogP contribution in [0.25, 0.3) is 0 Å². The molecule has 2 rings (SSSR count). The highest BCUT2D eigenvalue weighted by atomic mass is 32.2. The number of carbonyl (C=O) groups excluding carboxylic acids is 1. The second kappa shape index (κ2) is 5.44. The number of thioether (sulfide) groups is 1. The van der Waals surface area contributed by atoms with Crippen molar-refractivity contribution >= 4 is 23.6 Å². The first-order valence-corrected chi connectivity index (χ1v) is 7.06. The van der Waals surface area contributed by atoms with Crippen LogP contribution in [0.3, 0.4) is 0 Å². The van der Waals surface area contributed by atoms with E-state index in [4.69, 9.17) is 0 Å². The summed E-state index contributed by atoms with van der Waals surface area (Å²) in [5.41, 5.74) is 2.84. The second-order valence-corrected chi connectivity index (χ2v) is 5.07. The Bertz CT molecular complexity index is 621. The molecule has 0 saturated heterocycles. The molecule has 0 aliphatic rings. The average Bonchev–Trinajstić information content (AvgIpc) is 2.75. The van der Waals surface area contributed by atoms with Crippen molar-refractivity contribution < 1.29 is 4.79 Å². The molecule has 1 heterocycles. The van der Waals surface area contributed by atoms with E-state index in [1.54, 1.807) is 18.8 Å². The van der Waals surface area contributed by atoms with Crippen LogP contribution in [0.4, 0.5) is 5.95 Å². The third-order valence-electron chi connectivity index (χ3n) is 2.99. The first-order valence-electron chi connectivity index (χ1n) is 5.84. The maximum Gasteiger partial charge on any atom is 0.258 e. The number of nitrogens with zero attached hydrogens (tertiary/aromatic N) is 3. The van der Waals surface area contributed by atoms with E-state index in [0.29, 0.717) is 11.5 Å². The van der Waals surface area contributed by atoms with E-state index in [1.807, 2.05) is 32.2 Å². The van der Waals surface area contributed by atoms with Crippen molar-refractivity contribution in [2.24, 2.45) is 7.05 Å². The van der Waals surface area contributed by atoms with Crippen LogP contribution < -0.4 is 5.32 Å². The zero-order valence-corrected chi connectivity index (χ0v) is 12.2. The van der Waals surface area contributed by atoms with Gasteiger partial charge in [0.2, 0.25) is 5.95 Å². The van der Waals surface area contributed by atoms with Gasteiger partial charge in [0.05, 0.1) is 0 Å². The second-order valence-electron chi connectivity index (χ2n) is 4.25. The van der Waals surface area contributed by atoms with Gasteiger partial charge in [-0.05, 0) is 37.3 Å². The topological polar surface area (TPSA) is 59.8 Å². The summed E-state index contributed by atoms with van der Waals surface area (Å²) in [5.74, 6) is 0.277. The lowest BCUT2D eigenvalue weighted by Crippen LogP contribution is -2.17. The molecule has 19 heavy (non-hydrogen) atoms. The largest absolute Gasteiger partial charge is 0.291 e. The molecule has 6 heteroatoms. The van der Waals surface area contributed by atoms with Crippen molar-refractivity contribution in [1.29, 1.82) is 0 Å². The number of aryl methyl sites for hydroxylation is 2. The van der Waals surface area contributed by atoms with E-state index in [1.165, 1.54) is 16.6 Å². The Morgan fingerprint density at radius 3 is 2.68 bits per heavy atom.